The lowest BCUT2D eigenvalue weighted by Gasteiger charge is -2.43. The summed E-state index contributed by atoms with van der Waals surface area (Å²) >= 11 is 0. The van der Waals surface area contributed by atoms with Gasteiger partial charge in [-0.2, -0.15) is 26.3 Å². The van der Waals surface area contributed by atoms with Gasteiger partial charge in [-0.25, -0.2) is 0 Å². The molecule has 304 valence electrons. The van der Waals surface area contributed by atoms with Gasteiger partial charge < -0.3 is 10.2 Å². The molecule has 0 spiro atoms. The van der Waals surface area contributed by atoms with Crippen LogP contribution in [0.2, 0.25) is 0 Å². The predicted octanol–water partition coefficient (Wildman–Crippen LogP) is 10.1. The molecule has 1 N–H and O–H groups in total. The Morgan fingerprint density at radius 2 is 1.38 bits per heavy atom. The van der Waals surface area contributed by atoms with E-state index in [4.69, 9.17) is 0 Å². The Morgan fingerprint density at radius 3 is 2.07 bits per heavy atom. The maximum absolute atomic E-state index is 13.5. The van der Waals surface area contributed by atoms with Crippen molar-refractivity contribution < 1.29 is 26.3 Å². The van der Waals surface area contributed by atoms with Crippen molar-refractivity contribution in [1.82, 2.24) is 20.0 Å². The second-order valence-electron chi connectivity index (χ2n) is 16.6. The lowest BCUT2D eigenvalue weighted by Crippen LogP contribution is -2.55. The SMILES string of the molecule is CC(C)Cc1ccc(C(C)CN2CCN(CCCC[C@H]3CNCCN3CCc3cc(C(F)(F)F)cc(C(F)(F)F)c3)C[C@H]2Cc2ccc3ccccc3c2)cc1. The molecule has 0 aliphatic carbocycles. The average Bonchev–Trinajstić information content (AvgIpc) is 3.16. The van der Waals surface area contributed by atoms with Gasteiger partial charge in [-0.1, -0.05) is 93.9 Å². The Labute approximate surface area is 329 Å². The molecule has 2 fully saturated rings. The van der Waals surface area contributed by atoms with Gasteiger partial charge in [0.15, 0.2) is 0 Å². The van der Waals surface area contributed by atoms with Crippen LogP contribution in [0.5, 0.6) is 0 Å². The van der Waals surface area contributed by atoms with Crippen LogP contribution in [0.1, 0.15) is 79.3 Å². The third-order valence-electron chi connectivity index (χ3n) is 11.7. The van der Waals surface area contributed by atoms with Gasteiger partial charge in [-0.3, -0.25) is 9.80 Å². The number of hydrogen-bond donors (Lipinski definition) is 1. The first-order chi connectivity index (χ1) is 26.7. The molecule has 4 aromatic rings. The summed E-state index contributed by atoms with van der Waals surface area (Å²) in [5.41, 5.74) is 1.70. The van der Waals surface area contributed by atoms with E-state index < -0.39 is 23.5 Å². The second kappa shape index (κ2) is 18.9. The van der Waals surface area contributed by atoms with Crippen LogP contribution in [0.15, 0.2) is 84.9 Å². The van der Waals surface area contributed by atoms with Crippen LogP contribution in [0, 0.1) is 5.92 Å². The molecule has 1 unspecified atom stereocenters. The molecule has 0 aromatic heterocycles. The Morgan fingerprint density at radius 1 is 0.679 bits per heavy atom. The zero-order valence-electron chi connectivity index (χ0n) is 33.1. The molecule has 0 bridgehead atoms. The van der Waals surface area contributed by atoms with E-state index in [0.717, 1.165) is 90.1 Å². The number of nitrogens with zero attached hydrogens (tertiary/aromatic N) is 3. The molecule has 3 atom stereocenters. The average molecular weight is 781 g/mol. The van der Waals surface area contributed by atoms with Crippen LogP contribution in [0.3, 0.4) is 0 Å². The van der Waals surface area contributed by atoms with E-state index in [1.54, 1.807) is 0 Å². The zero-order chi connectivity index (χ0) is 39.9. The summed E-state index contributed by atoms with van der Waals surface area (Å²) in [6, 6.07) is 27.1. The van der Waals surface area contributed by atoms with Gasteiger partial charge in [0.2, 0.25) is 0 Å². The normalized spacial score (nSPS) is 19.9. The molecule has 0 radical (unpaired) electrons. The summed E-state index contributed by atoms with van der Waals surface area (Å²) in [5.74, 6) is 1.05. The van der Waals surface area contributed by atoms with Crippen LogP contribution in [0.25, 0.3) is 10.8 Å². The van der Waals surface area contributed by atoms with Crippen LogP contribution >= 0.6 is 0 Å². The number of hydrogen-bond acceptors (Lipinski definition) is 4. The van der Waals surface area contributed by atoms with E-state index in [1.807, 2.05) is 0 Å². The fourth-order valence-corrected chi connectivity index (χ4v) is 8.68. The van der Waals surface area contributed by atoms with Crippen LogP contribution in [-0.2, 0) is 31.6 Å². The third-order valence-corrected chi connectivity index (χ3v) is 11.7. The third kappa shape index (κ3) is 11.8. The van der Waals surface area contributed by atoms with Crippen molar-refractivity contribution in [3.63, 3.8) is 0 Å². The van der Waals surface area contributed by atoms with E-state index in [2.05, 4.69) is 108 Å². The van der Waals surface area contributed by atoms with Gasteiger partial charge >= 0.3 is 12.4 Å². The fourth-order valence-electron chi connectivity index (χ4n) is 8.68. The number of nitrogens with one attached hydrogen (secondary N) is 1. The molecular formula is C46H58F6N4. The Kier molecular flexibility index (Phi) is 14.2. The number of piperazine rings is 2. The van der Waals surface area contributed by atoms with Crippen molar-refractivity contribution in [3.05, 3.63) is 118 Å². The molecule has 10 heteroatoms. The number of alkyl halides is 6. The minimum atomic E-state index is -4.84. The van der Waals surface area contributed by atoms with Gasteiger partial charge in [0.05, 0.1) is 11.1 Å². The predicted molar refractivity (Wildman–Crippen MR) is 215 cm³/mol. The summed E-state index contributed by atoms with van der Waals surface area (Å²) in [4.78, 5) is 7.55. The van der Waals surface area contributed by atoms with Gasteiger partial charge in [0.1, 0.15) is 0 Å². The number of unbranched alkanes of at least 4 members (excludes halogenated alkanes) is 1. The van der Waals surface area contributed by atoms with E-state index in [0.29, 0.717) is 31.0 Å². The smallest absolute Gasteiger partial charge is 0.314 e. The summed E-state index contributed by atoms with van der Waals surface area (Å²) in [5, 5.41) is 5.96. The van der Waals surface area contributed by atoms with Crippen molar-refractivity contribution >= 4 is 10.8 Å². The second-order valence-corrected chi connectivity index (χ2v) is 16.6. The van der Waals surface area contributed by atoms with Crippen LogP contribution in [-0.4, -0.2) is 85.7 Å². The van der Waals surface area contributed by atoms with E-state index >= 15 is 0 Å². The highest BCUT2D eigenvalue weighted by Crippen LogP contribution is 2.36. The first-order valence-electron chi connectivity index (χ1n) is 20.5. The molecule has 0 amide bonds. The van der Waals surface area contributed by atoms with Crippen LogP contribution < -0.4 is 5.32 Å². The Balaban J connectivity index is 1.04. The first-order valence-corrected chi connectivity index (χ1v) is 20.5. The number of rotatable bonds is 15. The van der Waals surface area contributed by atoms with Gasteiger partial charge in [0.25, 0.3) is 0 Å². The molecule has 56 heavy (non-hydrogen) atoms. The number of benzene rings is 4. The van der Waals surface area contributed by atoms with E-state index in [1.165, 1.54) is 27.5 Å². The van der Waals surface area contributed by atoms with Crippen LogP contribution in [0.4, 0.5) is 26.3 Å². The first kappa shape index (κ1) is 42.2. The topological polar surface area (TPSA) is 21.8 Å². The lowest BCUT2D eigenvalue weighted by molar-refractivity contribution is -0.143. The number of fused-ring (bicyclic) bond motifs is 1. The van der Waals surface area contributed by atoms with Crippen molar-refractivity contribution in [2.24, 2.45) is 5.92 Å². The van der Waals surface area contributed by atoms with Gasteiger partial charge in [-0.15, -0.1) is 0 Å². The van der Waals surface area contributed by atoms with Crippen molar-refractivity contribution in [3.8, 4) is 0 Å². The summed E-state index contributed by atoms with van der Waals surface area (Å²) in [6.45, 7) is 14.6. The summed E-state index contributed by atoms with van der Waals surface area (Å²) in [7, 11) is 0. The maximum Gasteiger partial charge on any atom is 0.416 e. The highest BCUT2D eigenvalue weighted by Gasteiger charge is 2.37. The Hall–Kier alpha value is -3.44. The van der Waals surface area contributed by atoms with Crippen molar-refractivity contribution in [2.75, 3.05) is 58.9 Å². The standard InChI is InChI=1S/C46H58F6N4/c1-33(2)24-35-11-14-38(15-12-35)34(3)31-56-23-22-54(32-44(56)28-36-13-16-39-8-4-5-9-40(39)25-36)19-7-6-10-43-30-53-18-21-55(43)20-17-37-26-41(45(47,48)49)29-42(27-37)46(50,51)52/h4-5,8-9,11-16,25-27,29,33-34,43-44,53H,6-7,10,17-24,28,30-32H2,1-3H3/t34?,43-,44+/m0/s1. The largest absolute Gasteiger partial charge is 0.416 e. The zero-order valence-corrected chi connectivity index (χ0v) is 33.1. The number of halogens is 6. The Bertz CT molecular complexity index is 1810. The maximum atomic E-state index is 13.5. The molecule has 6 rings (SSSR count). The summed E-state index contributed by atoms with van der Waals surface area (Å²) in [6.07, 6.45) is -4.49. The molecule has 2 heterocycles. The molecule has 4 aromatic carbocycles. The molecule has 4 nitrogen and oxygen atoms in total. The molecule has 2 aliphatic rings. The van der Waals surface area contributed by atoms with Gasteiger partial charge in [-0.05, 0) is 102 Å². The quantitative estimate of drug-likeness (QED) is 0.0958. The molecular weight excluding hydrogens is 723 g/mol. The molecule has 2 saturated heterocycles. The highest BCUT2D eigenvalue weighted by atomic mass is 19.4. The monoisotopic (exact) mass is 780 g/mol. The summed E-state index contributed by atoms with van der Waals surface area (Å²) < 4.78 is 80.7. The molecule has 0 saturated carbocycles. The van der Waals surface area contributed by atoms with Crippen molar-refractivity contribution in [1.29, 1.82) is 0 Å². The minimum absolute atomic E-state index is 0.0655. The fraction of sp³-hybridized carbons (Fsp3) is 0.522. The minimum Gasteiger partial charge on any atom is -0.314 e. The van der Waals surface area contributed by atoms with Gasteiger partial charge in [0, 0.05) is 64.4 Å². The van der Waals surface area contributed by atoms with Crippen molar-refractivity contribution in [2.45, 2.75) is 89.7 Å². The highest BCUT2D eigenvalue weighted by molar-refractivity contribution is 5.83. The van der Waals surface area contributed by atoms with E-state index in [9.17, 15) is 26.3 Å². The lowest BCUT2D eigenvalue weighted by atomic mass is 9.94. The van der Waals surface area contributed by atoms with E-state index in [-0.39, 0.29) is 24.1 Å². The molecule has 2 aliphatic heterocycles.